The van der Waals surface area contributed by atoms with Crippen molar-refractivity contribution in [1.29, 1.82) is 0 Å². The summed E-state index contributed by atoms with van der Waals surface area (Å²) in [5, 5.41) is 0. The van der Waals surface area contributed by atoms with Gasteiger partial charge in [-0.3, -0.25) is 0 Å². The number of cyclic esters (lactones) is 1. The van der Waals surface area contributed by atoms with E-state index in [0.29, 0.717) is 6.61 Å². The van der Waals surface area contributed by atoms with Crippen LogP contribution in [0.3, 0.4) is 0 Å². The van der Waals surface area contributed by atoms with E-state index in [4.69, 9.17) is 4.74 Å². The van der Waals surface area contributed by atoms with Crippen LogP contribution in [0.5, 0.6) is 0 Å². The minimum absolute atomic E-state index is 0.148. The third-order valence-corrected chi connectivity index (χ3v) is 5.37. The molecule has 0 spiro atoms. The SMILES string of the molecule is O=C1OCCN1CCN1CC[C@@H](CSc2ccccc2)C1. The summed E-state index contributed by atoms with van der Waals surface area (Å²) in [4.78, 5) is 17.0. The molecule has 0 aliphatic carbocycles. The van der Waals surface area contributed by atoms with Gasteiger partial charge in [0.15, 0.2) is 0 Å². The van der Waals surface area contributed by atoms with Crippen molar-refractivity contribution in [3.05, 3.63) is 30.3 Å². The Morgan fingerprint density at radius 1 is 1.19 bits per heavy atom. The van der Waals surface area contributed by atoms with Crippen LogP contribution in [0, 0.1) is 5.92 Å². The van der Waals surface area contributed by atoms with Gasteiger partial charge in [-0.25, -0.2) is 4.79 Å². The largest absolute Gasteiger partial charge is 0.448 e. The second kappa shape index (κ2) is 7.18. The number of carbonyl (C=O) groups excluding carboxylic acids is 1. The lowest BCUT2D eigenvalue weighted by Crippen LogP contribution is -2.34. The van der Waals surface area contributed by atoms with Crippen molar-refractivity contribution in [3.63, 3.8) is 0 Å². The highest BCUT2D eigenvalue weighted by molar-refractivity contribution is 7.99. The van der Waals surface area contributed by atoms with Crippen LogP contribution in [0.1, 0.15) is 6.42 Å². The number of hydrogen-bond acceptors (Lipinski definition) is 4. The molecule has 1 aromatic carbocycles. The Morgan fingerprint density at radius 3 is 2.81 bits per heavy atom. The minimum Gasteiger partial charge on any atom is -0.448 e. The highest BCUT2D eigenvalue weighted by atomic mass is 32.2. The third kappa shape index (κ3) is 4.14. The van der Waals surface area contributed by atoms with Crippen molar-refractivity contribution >= 4 is 17.9 Å². The van der Waals surface area contributed by atoms with Gasteiger partial charge in [-0.15, -0.1) is 11.8 Å². The molecular formula is C16H22N2O2S. The number of benzene rings is 1. The standard InChI is InChI=1S/C16H22N2O2S/c19-16-18(10-11-20-16)9-8-17-7-6-14(12-17)13-21-15-4-2-1-3-5-15/h1-5,14H,6-13H2/t14-/m1/s1. The summed E-state index contributed by atoms with van der Waals surface area (Å²) in [7, 11) is 0. The van der Waals surface area contributed by atoms with Gasteiger partial charge in [0.25, 0.3) is 0 Å². The number of carbonyl (C=O) groups is 1. The zero-order chi connectivity index (χ0) is 14.5. The first-order valence-corrected chi connectivity index (χ1v) is 8.62. The Balaban J connectivity index is 1.36. The second-order valence-corrected chi connectivity index (χ2v) is 6.77. The van der Waals surface area contributed by atoms with Crippen LogP contribution < -0.4 is 0 Å². The Kier molecular flexibility index (Phi) is 5.04. The molecule has 1 amide bonds. The summed E-state index contributed by atoms with van der Waals surface area (Å²) in [6, 6.07) is 10.6. The fourth-order valence-corrected chi connectivity index (χ4v) is 3.92. The zero-order valence-corrected chi connectivity index (χ0v) is 13.1. The highest BCUT2D eigenvalue weighted by Crippen LogP contribution is 2.25. The molecule has 2 fully saturated rings. The summed E-state index contributed by atoms with van der Waals surface area (Å²) in [5.41, 5.74) is 0. The van der Waals surface area contributed by atoms with Crippen molar-refractivity contribution in [2.75, 3.05) is 45.1 Å². The molecule has 0 radical (unpaired) electrons. The van der Waals surface area contributed by atoms with Crippen LogP contribution in [0.2, 0.25) is 0 Å². The van der Waals surface area contributed by atoms with Crippen molar-refractivity contribution in [3.8, 4) is 0 Å². The summed E-state index contributed by atoms with van der Waals surface area (Å²) in [5.74, 6) is 1.95. The lowest BCUT2D eigenvalue weighted by Gasteiger charge is -2.19. The Bertz CT molecular complexity index is 469. The van der Waals surface area contributed by atoms with E-state index < -0.39 is 0 Å². The zero-order valence-electron chi connectivity index (χ0n) is 12.2. The average Bonchev–Trinajstić information content (AvgIpc) is 3.13. The Labute approximate surface area is 130 Å². The number of amides is 1. The van der Waals surface area contributed by atoms with Crippen molar-refractivity contribution in [2.45, 2.75) is 11.3 Å². The van der Waals surface area contributed by atoms with Crippen molar-refractivity contribution < 1.29 is 9.53 Å². The molecule has 0 bridgehead atoms. The quantitative estimate of drug-likeness (QED) is 0.756. The minimum atomic E-state index is -0.148. The maximum Gasteiger partial charge on any atom is 0.409 e. The number of ether oxygens (including phenoxy) is 1. The normalized spacial score (nSPS) is 22.8. The monoisotopic (exact) mass is 306 g/mol. The fourth-order valence-electron chi connectivity index (χ4n) is 2.87. The molecule has 0 aromatic heterocycles. The maximum atomic E-state index is 11.4. The molecule has 1 aromatic rings. The van der Waals surface area contributed by atoms with Gasteiger partial charge in [0.2, 0.25) is 0 Å². The number of nitrogens with zero attached hydrogens (tertiary/aromatic N) is 2. The fraction of sp³-hybridized carbons (Fsp3) is 0.562. The van der Waals surface area contributed by atoms with E-state index in [1.54, 1.807) is 0 Å². The molecule has 4 nitrogen and oxygen atoms in total. The van der Waals surface area contributed by atoms with E-state index in [2.05, 4.69) is 35.2 Å². The molecule has 0 N–H and O–H groups in total. The summed E-state index contributed by atoms with van der Waals surface area (Å²) in [6.07, 6.45) is 1.12. The molecule has 3 rings (SSSR count). The highest BCUT2D eigenvalue weighted by Gasteiger charge is 2.25. The number of hydrogen-bond donors (Lipinski definition) is 0. The van der Waals surface area contributed by atoms with Gasteiger partial charge in [0.05, 0.1) is 6.54 Å². The molecule has 114 valence electrons. The lowest BCUT2D eigenvalue weighted by atomic mass is 10.2. The first-order chi connectivity index (χ1) is 10.3. The number of likely N-dealkylation sites (tertiary alicyclic amines) is 1. The van der Waals surface area contributed by atoms with Gasteiger partial charge < -0.3 is 14.5 Å². The van der Waals surface area contributed by atoms with E-state index in [1.807, 2.05) is 16.7 Å². The molecule has 2 saturated heterocycles. The van der Waals surface area contributed by atoms with E-state index in [1.165, 1.54) is 17.1 Å². The molecule has 1 atom stereocenters. The van der Waals surface area contributed by atoms with Gasteiger partial charge >= 0.3 is 6.09 Å². The molecule has 0 unspecified atom stereocenters. The van der Waals surface area contributed by atoms with Crippen LogP contribution in [0.15, 0.2) is 35.2 Å². The Morgan fingerprint density at radius 2 is 2.05 bits per heavy atom. The first-order valence-electron chi connectivity index (χ1n) is 7.63. The van der Waals surface area contributed by atoms with Crippen LogP contribution in [0.4, 0.5) is 4.79 Å². The van der Waals surface area contributed by atoms with Crippen molar-refractivity contribution in [2.24, 2.45) is 5.92 Å². The van der Waals surface area contributed by atoms with Gasteiger partial charge in [-0.1, -0.05) is 18.2 Å². The first kappa shape index (κ1) is 14.7. The van der Waals surface area contributed by atoms with Crippen LogP contribution >= 0.6 is 11.8 Å². The molecule has 0 saturated carbocycles. The lowest BCUT2D eigenvalue weighted by molar-refractivity contribution is 0.155. The summed E-state index contributed by atoms with van der Waals surface area (Å²) in [6.45, 7) is 5.39. The van der Waals surface area contributed by atoms with Crippen molar-refractivity contribution in [1.82, 2.24) is 9.80 Å². The van der Waals surface area contributed by atoms with E-state index in [-0.39, 0.29) is 6.09 Å². The maximum absolute atomic E-state index is 11.4. The van der Waals surface area contributed by atoms with Crippen LogP contribution in [0.25, 0.3) is 0 Å². The average molecular weight is 306 g/mol. The summed E-state index contributed by atoms with van der Waals surface area (Å²) < 4.78 is 4.95. The third-order valence-electron chi connectivity index (χ3n) is 4.13. The Hall–Kier alpha value is -1.20. The van der Waals surface area contributed by atoms with E-state index in [9.17, 15) is 4.79 Å². The smallest absolute Gasteiger partial charge is 0.409 e. The predicted molar refractivity (Wildman–Crippen MR) is 84.6 cm³/mol. The number of rotatable bonds is 6. The molecule has 2 aliphatic rings. The van der Waals surface area contributed by atoms with E-state index >= 15 is 0 Å². The van der Waals surface area contributed by atoms with Gasteiger partial charge in [-0.05, 0) is 31.0 Å². The number of thioether (sulfide) groups is 1. The van der Waals surface area contributed by atoms with Crippen LogP contribution in [-0.4, -0.2) is 61.0 Å². The predicted octanol–water partition coefficient (Wildman–Crippen LogP) is 2.55. The van der Waals surface area contributed by atoms with Gasteiger partial charge in [-0.2, -0.15) is 0 Å². The summed E-state index contributed by atoms with van der Waals surface area (Å²) >= 11 is 1.95. The van der Waals surface area contributed by atoms with Crippen LogP contribution in [-0.2, 0) is 4.74 Å². The molecule has 21 heavy (non-hydrogen) atoms. The molecule has 5 heteroatoms. The topological polar surface area (TPSA) is 32.8 Å². The van der Waals surface area contributed by atoms with Gasteiger partial charge in [0.1, 0.15) is 6.61 Å². The molecule has 2 aliphatic heterocycles. The molecular weight excluding hydrogens is 284 g/mol. The second-order valence-electron chi connectivity index (χ2n) is 5.68. The molecule has 2 heterocycles. The van der Waals surface area contributed by atoms with E-state index in [0.717, 1.165) is 38.6 Å². The van der Waals surface area contributed by atoms with Gasteiger partial charge in [0, 0.05) is 30.3 Å².